The fraction of sp³-hybridized carbons (Fsp3) is 0.600. The van der Waals surface area contributed by atoms with Crippen molar-refractivity contribution in [1.29, 1.82) is 0 Å². The minimum absolute atomic E-state index is 0.00825. The molecule has 1 amide bonds. The number of nitrogens with one attached hydrogen (secondary N) is 1. The van der Waals surface area contributed by atoms with Gasteiger partial charge in [0.1, 0.15) is 0 Å². The van der Waals surface area contributed by atoms with Crippen LogP contribution in [0, 0.1) is 5.41 Å². The Bertz CT molecular complexity index is 535. The largest absolute Gasteiger partial charge is 0.387 e. The first-order chi connectivity index (χ1) is 9.82. The minimum Gasteiger partial charge on any atom is -0.387 e. The van der Waals surface area contributed by atoms with E-state index in [1.54, 1.807) is 6.07 Å². The highest BCUT2D eigenvalue weighted by atomic mass is 35.5. The Labute approximate surface area is 129 Å². The van der Waals surface area contributed by atoms with Crippen molar-refractivity contribution in [1.82, 2.24) is 10.3 Å². The van der Waals surface area contributed by atoms with Crippen molar-refractivity contribution in [2.75, 3.05) is 13.2 Å². The third kappa shape index (κ3) is 2.91. The Balaban J connectivity index is 1.98. The molecule has 1 aliphatic rings. The van der Waals surface area contributed by atoms with E-state index in [2.05, 4.69) is 10.3 Å². The number of hydrogen-bond donors (Lipinski definition) is 2. The lowest BCUT2D eigenvalue weighted by molar-refractivity contribution is -0.237. The molecule has 1 heterocycles. The quantitative estimate of drug-likeness (QED) is 0.872. The summed E-state index contributed by atoms with van der Waals surface area (Å²) in [5, 5.41) is 13.7. The van der Waals surface area contributed by atoms with Crippen molar-refractivity contribution in [2.45, 2.75) is 38.9 Å². The Morgan fingerprint density at radius 1 is 1.62 bits per heavy atom. The van der Waals surface area contributed by atoms with Gasteiger partial charge in [0.2, 0.25) is 0 Å². The fourth-order valence-electron chi connectivity index (χ4n) is 2.64. The molecule has 0 spiro atoms. The molecule has 0 aromatic carbocycles. The molecular formula is C15H21ClN2O3. The van der Waals surface area contributed by atoms with Crippen LogP contribution in [0.3, 0.4) is 0 Å². The minimum atomic E-state index is -0.970. The Kier molecular flexibility index (Phi) is 4.56. The fourth-order valence-corrected chi connectivity index (χ4v) is 2.85. The second kappa shape index (κ2) is 5.91. The van der Waals surface area contributed by atoms with Gasteiger partial charge in [-0.1, -0.05) is 25.4 Å². The van der Waals surface area contributed by atoms with E-state index in [1.807, 2.05) is 20.8 Å². The number of carbonyl (C=O) groups is 1. The second-order valence-electron chi connectivity index (χ2n) is 5.94. The number of pyridine rings is 1. The molecule has 1 aliphatic carbocycles. The number of hydrogen-bond acceptors (Lipinski definition) is 4. The Hall–Kier alpha value is -1.17. The zero-order valence-corrected chi connectivity index (χ0v) is 13.3. The van der Waals surface area contributed by atoms with Crippen LogP contribution in [0.15, 0.2) is 18.5 Å². The molecule has 1 saturated carbocycles. The number of aromatic nitrogens is 1. The maximum absolute atomic E-state index is 12.1. The summed E-state index contributed by atoms with van der Waals surface area (Å²) in [6, 6.07) is 1.55. The van der Waals surface area contributed by atoms with Crippen molar-refractivity contribution < 1.29 is 14.6 Å². The maximum Gasteiger partial charge on any atom is 0.253 e. The van der Waals surface area contributed by atoms with Crippen LogP contribution < -0.4 is 5.32 Å². The van der Waals surface area contributed by atoms with Crippen LogP contribution in [-0.2, 0) is 4.74 Å². The molecule has 0 unspecified atom stereocenters. The molecule has 0 saturated heterocycles. The lowest BCUT2D eigenvalue weighted by atomic mass is 9.56. The first kappa shape index (κ1) is 16.2. The van der Waals surface area contributed by atoms with Crippen molar-refractivity contribution in [2.24, 2.45) is 5.41 Å². The number of ether oxygens (including phenoxy) is 1. The van der Waals surface area contributed by atoms with E-state index in [-0.39, 0.29) is 18.6 Å². The van der Waals surface area contributed by atoms with Gasteiger partial charge >= 0.3 is 0 Å². The predicted octanol–water partition coefficient (Wildman–Crippen LogP) is 2.03. The molecule has 2 N–H and O–H groups in total. The van der Waals surface area contributed by atoms with Crippen LogP contribution in [0.25, 0.3) is 0 Å². The summed E-state index contributed by atoms with van der Waals surface area (Å²) in [5.41, 5.74) is -1.02. The van der Waals surface area contributed by atoms with E-state index in [9.17, 15) is 9.90 Å². The van der Waals surface area contributed by atoms with Gasteiger partial charge in [-0.2, -0.15) is 0 Å². The van der Waals surface area contributed by atoms with E-state index >= 15 is 0 Å². The summed E-state index contributed by atoms with van der Waals surface area (Å²) < 4.78 is 5.60. The van der Waals surface area contributed by atoms with Gasteiger partial charge in [0.25, 0.3) is 5.91 Å². The molecule has 1 aromatic heterocycles. The standard InChI is InChI=1S/C15H21ClN2O3/c1-4-21-12-7-15(20,14(12,2)3)9-18-13(19)10-5-6-17-8-11(10)16/h5-6,8,12,20H,4,7,9H2,1-3H3,(H,18,19)/t12-,15+/m0/s1. The third-order valence-corrected chi connectivity index (χ3v) is 4.75. The lowest BCUT2D eigenvalue weighted by Gasteiger charge is -2.57. The van der Waals surface area contributed by atoms with Crippen LogP contribution in [0.2, 0.25) is 5.02 Å². The first-order valence-corrected chi connectivity index (χ1v) is 7.41. The number of nitrogens with zero attached hydrogens (tertiary/aromatic N) is 1. The Morgan fingerprint density at radius 2 is 2.33 bits per heavy atom. The van der Waals surface area contributed by atoms with Crippen molar-refractivity contribution in [3.05, 3.63) is 29.0 Å². The summed E-state index contributed by atoms with van der Waals surface area (Å²) >= 11 is 5.93. The molecule has 2 atom stereocenters. The molecule has 21 heavy (non-hydrogen) atoms. The van der Waals surface area contributed by atoms with Crippen LogP contribution in [-0.4, -0.2) is 40.9 Å². The van der Waals surface area contributed by atoms with Gasteiger partial charge in [0.05, 0.1) is 22.3 Å². The van der Waals surface area contributed by atoms with Crippen molar-refractivity contribution >= 4 is 17.5 Å². The zero-order chi connectivity index (χ0) is 15.7. The van der Waals surface area contributed by atoms with E-state index in [4.69, 9.17) is 16.3 Å². The molecular weight excluding hydrogens is 292 g/mol. The third-order valence-electron chi connectivity index (χ3n) is 4.45. The number of halogens is 1. The average Bonchev–Trinajstić information content (AvgIpc) is 2.45. The van der Waals surface area contributed by atoms with Gasteiger partial charge in [-0.15, -0.1) is 0 Å². The second-order valence-corrected chi connectivity index (χ2v) is 6.35. The van der Waals surface area contributed by atoms with Gasteiger partial charge in [-0.25, -0.2) is 0 Å². The predicted molar refractivity (Wildman–Crippen MR) is 80.3 cm³/mol. The highest BCUT2D eigenvalue weighted by Crippen LogP contribution is 2.50. The van der Waals surface area contributed by atoms with E-state index < -0.39 is 11.0 Å². The van der Waals surface area contributed by atoms with E-state index in [0.29, 0.717) is 23.6 Å². The van der Waals surface area contributed by atoms with Crippen LogP contribution in [0.1, 0.15) is 37.6 Å². The van der Waals surface area contributed by atoms with Gasteiger partial charge in [0.15, 0.2) is 0 Å². The highest BCUT2D eigenvalue weighted by molar-refractivity contribution is 6.33. The lowest BCUT2D eigenvalue weighted by Crippen LogP contribution is -2.68. The van der Waals surface area contributed by atoms with Gasteiger partial charge < -0.3 is 15.2 Å². The molecule has 1 fully saturated rings. The van der Waals surface area contributed by atoms with Gasteiger partial charge in [-0.3, -0.25) is 9.78 Å². The highest BCUT2D eigenvalue weighted by Gasteiger charge is 2.59. The molecule has 116 valence electrons. The van der Waals surface area contributed by atoms with Crippen LogP contribution in [0.4, 0.5) is 0 Å². The summed E-state index contributed by atoms with van der Waals surface area (Å²) in [6.07, 6.45) is 3.45. The molecule has 0 bridgehead atoms. The Morgan fingerprint density at radius 3 is 2.90 bits per heavy atom. The summed E-state index contributed by atoms with van der Waals surface area (Å²) in [4.78, 5) is 15.9. The number of amides is 1. The normalized spacial score (nSPS) is 27.0. The van der Waals surface area contributed by atoms with E-state index in [0.717, 1.165) is 0 Å². The SMILES string of the molecule is CCO[C@H]1C[C@@](O)(CNC(=O)c2ccncc2Cl)C1(C)C. The van der Waals surface area contributed by atoms with Crippen LogP contribution >= 0.6 is 11.6 Å². The van der Waals surface area contributed by atoms with E-state index in [1.165, 1.54) is 12.4 Å². The first-order valence-electron chi connectivity index (χ1n) is 7.03. The summed E-state index contributed by atoms with van der Waals surface area (Å²) in [5.74, 6) is -0.313. The molecule has 1 aromatic rings. The molecule has 6 heteroatoms. The van der Waals surface area contributed by atoms with Crippen LogP contribution in [0.5, 0.6) is 0 Å². The van der Waals surface area contributed by atoms with Crippen molar-refractivity contribution in [3.63, 3.8) is 0 Å². The number of rotatable bonds is 5. The average molecular weight is 313 g/mol. The smallest absolute Gasteiger partial charge is 0.253 e. The van der Waals surface area contributed by atoms with Gasteiger partial charge in [-0.05, 0) is 13.0 Å². The molecule has 2 rings (SSSR count). The van der Waals surface area contributed by atoms with Gasteiger partial charge in [0, 0.05) is 37.4 Å². The van der Waals surface area contributed by atoms with Crippen molar-refractivity contribution in [3.8, 4) is 0 Å². The molecule has 5 nitrogen and oxygen atoms in total. The molecule has 0 aliphatic heterocycles. The zero-order valence-electron chi connectivity index (χ0n) is 12.5. The summed E-state index contributed by atoms with van der Waals surface area (Å²) in [6.45, 7) is 6.61. The maximum atomic E-state index is 12.1. The number of carbonyl (C=O) groups excluding carboxylic acids is 1. The monoisotopic (exact) mass is 312 g/mol. The molecule has 0 radical (unpaired) electrons. The summed E-state index contributed by atoms with van der Waals surface area (Å²) in [7, 11) is 0. The number of aliphatic hydroxyl groups is 1. The topological polar surface area (TPSA) is 71.5 Å².